The lowest BCUT2D eigenvalue weighted by atomic mass is 9.99. The lowest BCUT2D eigenvalue weighted by Crippen LogP contribution is -2.21. The number of carbonyl (C=O) groups is 1. The number of hydrogen-bond donors (Lipinski definition) is 4. The van der Waals surface area contributed by atoms with Crippen LogP contribution >= 0.6 is 11.3 Å². The van der Waals surface area contributed by atoms with Crippen molar-refractivity contribution in [1.29, 1.82) is 0 Å². The second-order valence-electron chi connectivity index (χ2n) is 7.91. The zero-order valence-corrected chi connectivity index (χ0v) is 18.8. The predicted octanol–water partition coefficient (Wildman–Crippen LogP) is 3.37. The molecule has 1 heterocycles. The second kappa shape index (κ2) is 8.95. The molecular weight excluding hydrogens is 406 g/mol. The van der Waals surface area contributed by atoms with E-state index in [9.17, 15) is 14.1 Å². The van der Waals surface area contributed by atoms with Crippen molar-refractivity contribution in [2.45, 2.75) is 62.2 Å². The van der Waals surface area contributed by atoms with Crippen LogP contribution in [-0.4, -0.2) is 22.4 Å². The summed E-state index contributed by atoms with van der Waals surface area (Å²) in [4.78, 5) is 11.1. The SMILES string of the molecule is CNS(=O)c1cc(C(C)(C)O)cs1.NC(=O)Nc1c2c(cc3c1CCC3)CCC2. The normalized spacial score (nSPS) is 15.9. The summed E-state index contributed by atoms with van der Waals surface area (Å²) in [5.41, 5.74) is 11.8. The molecular formula is C21H29N3O3S2. The number of aryl methyl sites for hydroxylation is 2. The topological polar surface area (TPSA) is 104 Å². The molecule has 1 aromatic heterocycles. The smallest absolute Gasteiger partial charge is 0.316 e. The maximum atomic E-state index is 11.3. The Kier molecular flexibility index (Phi) is 6.78. The van der Waals surface area contributed by atoms with Gasteiger partial charge in [0, 0.05) is 5.69 Å². The lowest BCUT2D eigenvalue weighted by molar-refractivity contribution is 0.0789. The van der Waals surface area contributed by atoms with Gasteiger partial charge in [-0.3, -0.25) is 0 Å². The number of hydrogen-bond acceptors (Lipinski definition) is 4. The summed E-state index contributed by atoms with van der Waals surface area (Å²) in [5, 5.41) is 14.3. The molecule has 0 fully saturated rings. The van der Waals surface area contributed by atoms with Crippen LogP contribution in [0.5, 0.6) is 0 Å². The van der Waals surface area contributed by atoms with E-state index in [0.717, 1.165) is 41.1 Å². The fraction of sp³-hybridized carbons (Fsp3) is 0.476. The molecule has 2 aliphatic rings. The molecule has 29 heavy (non-hydrogen) atoms. The van der Waals surface area contributed by atoms with Crippen molar-refractivity contribution in [2.24, 2.45) is 5.73 Å². The number of fused-ring (bicyclic) bond motifs is 2. The van der Waals surface area contributed by atoms with Crippen LogP contribution in [0.3, 0.4) is 0 Å². The van der Waals surface area contributed by atoms with E-state index >= 15 is 0 Å². The van der Waals surface area contributed by atoms with Gasteiger partial charge in [0.15, 0.2) is 0 Å². The number of benzene rings is 1. The first-order valence-electron chi connectivity index (χ1n) is 9.84. The Hall–Kier alpha value is -1.74. The van der Waals surface area contributed by atoms with E-state index in [1.54, 1.807) is 27.0 Å². The summed E-state index contributed by atoms with van der Waals surface area (Å²) in [7, 11) is 0.492. The van der Waals surface area contributed by atoms with Crippen LogP contribution in [0.1, 0.15) is 54.5 Å². The fourth-order valence-electron chi connectivity index (χ4n) is 3.93. The second-order valence-corrected chi connectivity index (χ2v) is 10.5. The van der Waals surface area contributed by atoms with E-state index in [-0.39, 0.29) is 0 Å². The molecule has 1 aromatic carbocycles. The molecule has 5 N–H and O–H groups in total. The zero-order chi connectivity index (χ0) is 21.2. The summed E-state index contributed by atoms with van der Waals surface area (Å²) < 4.78 is 14.7. The number of amides is 2. The molecule has 158 valence electrons. The van der Waals surface area contributed by atoms with Gasteiger partial charge in [0.2, 0.25) is 0 Å². The van der Waals surface area contributed by atoms with Gasteiger partial charge in [-0.25, -0.2) is 13.7 Å². The standard InChI is InChI=1S/C13H16N2O.C8H13NO2S2/c14-13(16)15-12-10-5-1-3-8(10)7-9-4-2-6-11(9)12;1-8(2,10)6-4-7(12-5-6)13(11)9-3/h7H,1-6H2,(H3,14,15,16);4-5,9-10H,1-3H3. The molecule has 0 spiro atoms. The summed E-state index contributed by atoms with van der Waals surface area (Å²) >= 11 is 1.39. The average Bonchev–Trinajstić information content (AvgIpc) is 3.39. The van der Waals surface area contributed by atoms with E-state index in [1.807, 2.05) is 5.38 Å². The monoisotopic (exact) mass is 435 g/mol. The third-order valence-corrected chi connectivity index (χ3v) is 7.69. The largest absolute Gasteiger partial charge is 0.386 e. The van der Waals surface area contributed by atoms with Crippen LogP contribution in [0, 0.1) is 0 Å². The number of nitrogens with one attached hydrogen (secondary N) is 2. The van der Waals surface area contributed by atoms with E-state index in [0.29, 0.717) is 0 Å². The Morgan fingerprint density at radius 3 is 2.17 bits per heavy atom. The Bertz CT molecular complexity index is 900. The summed E-state index contributed by atoms with van der Waals surface area (Å²) in [6, 6.07) is 3.67. The van der Waals surface area contributed by atoms with E-state index in [4.69, 9.17) is 5.73 Å². The number of thiophene rings is 1. The molecule has 4 rings (SSSR count). The molecule has 2 amide bonds. The fourth-order valence-corrected chi connectivity index (χ4v) is 5.90. The van der Waals surface area contributed by atoms with Crippen LogP contribution in [0.2, 0.25) is 0 Å². The highest BCUT2D eigenvalue weighted by Gasteiger charge is 2.24. The van der Waals surface area contributed by atoms with Crippen molar-refractivity contribution in [3.63, 3.8) is 0 Å². The minimum atomic E-state index is -1.15. The molecule has 2 aromatic rings. The zero-order valence-electron chi connectivity index (χ0n) is 17.1. The van der Waals surface area contributed by atoms with Crippen LogP contribution in [0.15, 0.2) is 21.7 Å². The Morgan fingerprint density at radius 1 is 1.14 bits per heavy atom. The van der Waals surface area contributed by atoms with Crippen molar-refractivity contribution < 1.29 is 14.1 Å². The van der Waals surface area contributed by atoms with Gasteiger partial charge in [-0.1, -0.05) is 6.07 Å². The van der Waals surface area contributed by atoms with Crippen molar-refractivity contribution in [2.75, 3.05) is 12.4 Å². The third-order valence-electron chi connectivity index (χ3n) is 5.37. The Balaban J connectivity index is 0.000000170. The quantitative estimate of drug-likeness (QED) is 0.592. The molecule has 6 nitrogen and oxygen atoms in total. The van der Waals surface area contributed by atoms with Gasteiger partial charge in [-0.2, -0.15) is 0 Å². The highest BCUT2D eigenvalue weighted by Crippen LogP contribution is 2.38. The van der Waals surface area contributed by atoms with Gasteiger partial charge in [0.1, 0.15) is 15.2 Å². The highest BCUT2D eigenvalue weighted by atomic mass is 32.2. The molecule has 8 heteroatoms. The molecule has 0 aliphatic heterocycles. The maximum absolute atomic E-state index is 11.3. The van der Waals surface area contributed by atoms with Gasteiger partial charge in [0.05, 0.1) is 5.60 Å². The number of primary amides is 1. The van der Waals surface area contributed by atoms with Gasteiger partial charge < -0.3 is 16.2 Å². The number of urea groups is 1. The van der Waals surface area contributed by atoms with Crippen molar-refractivity contribution in [3.8, 4) is 0 Å². The maximum Gasteiger partial charge on any atom is 0.316 e. The van der Waals surface area contributed by atoms with Crippen LogP contribution in [-0.2, 0) is 42.3 Å². The Labute approximate surface area is 178 Å². The van der Waals surface area contributed by atoms with Gasteiger partial charge in [0.25, 0.3) is 0 Å². The summed E-state index contributed by atoms with van der Waals surface area (Å²) in [6.45, 7) is 3.42. The van der Waals surface area contributed by atoms with E-state index in [1.165, 1.54) is 46.4 Å². The van der Waals surface area contributed by atoms with Crippen LogP contribution in [0.25, 0.3) is 0 Å². The lowest BCUT2D eigenvalue weighted by Gasteiger charge is -2.14. The van der Waals surface area contributed by atoms with Crippen molar-refractivity contribution in [3.05, 3.63) is 45.3 Å². The molecule has 0 bridgehead atoms. The number of aliphatic hydroxyl groups is 1. The minimum absolute atomic E-state index is 0.436. The van der Waals surface area contributed by atoms with E-state index < -0.39 is 22.6 Å². The van der Waals surface area contributed by atoms with Crippen LogP contribution < -0.4 is 15.8 Å². The van der Waals surface area contributed by atoms with Gasteiger partial charge in [-0.15, -0.1) is 11.3 Å². The molecule has 2 aliphatic carbocycles. The average molecular weight is 436 g/mol. The Morgan fingerprint density at radius 2 is 1.72 bits per heavy atom. The highest BCUT2D eigenvalue weighted by molar-refractivity contribution is 7.85. The first kappa shape index (κ1) is 22.0. The van der Waals surface area contributed by atoms with Crippen molar-refractivity contribution in [1.82, 2.24) is 4.72 Å². The number of nitrogens with two attached hydrogens (primary N) is 1. The number of carbonyl (C=O) groups excluding carboxylic acids is 1. The molecule has 0 saturated carbocycles. The summed E-state index contributed by atoms with van der Waals surface area (Å²) in [6.07, 6.45) is 6.86. The molecule has 1 unspecified atom stereocenters. The first-order valence-corrected chi connectivity index (χ1v) is 11.9. The van der Waals surface area contributed by atoms with Crippen molar-refractivity contribution >= 4 is 34.0 Å². The minimum Gasteiger partial charge on any atom is -0.386 e. The third kappa shape index (κ3) is 5.06. The predicted molar refractivity (Wildman–Crippen MR) is 119 cm³/mol. The first-order chi connectivity index (χ1) is 13.7. The van der Waals surface area contributed by atoms with Crippen LogP contribution in [0.4, 0.5) is 10.5 Å². The van der Waals surface area contributed by atoms with Gasteiger partial charge in [-0.05, 0) is 98.7 Å². The van der Waals surface area contributed by atoms with E-state index in [2.05, 4.69) is 16.1 Å². The molecule has 0 saturated heterocycles. The number of anilines is 1. The van der Waals surface area contributed by atoms with Gasteiger partial charge >= 0.3 is 6.03 Å². The molecule has 0 radical (unpaired) electrons. The summed E-state index contributed by atoms with van der Waals surface area (Å²) in [5.74, 6) is 0. The molecule has 1 atom stereocenters. The number of rotatable bonds is 4.